The Hall–Kier alpha value is -0.197. The maximum atomic E-state index is 8.93. The smallest absolute Gasteiger partial charge is 0.855 e. The van der Waals surface area contributed by atoms with Crippen molar-refractivity contribution in [3.63, 3.8) is 0 Å². The van der Waals surface area contributed by atoms with E-state index in [1.165, 1.54) is 0 Å². The van der Waals surface area contributed by atoms with Crippen molar-refractivity contribution in [1.29, 1.82) is 0 Å². The molecule has 0 amide bonds. The van der Waals surface area contributed by atoms with Crippen LogP contribution in [-0.4, -0.2) is 6.61 Å². The van der Waals surface area contributed by atoms with Crippen molar-refractivity contribution >= 4 is 0 Å². The van der Waals surface area contributed by atoms with Crippen LogP contribution in [0.5, 0.6) is 0 Å². The summed E-state index contributed by atoms with van der Waals surface area (Å²) in [5.41, 5.74) is 0. The minimum absolute atomic E-state index is 0. The van der Waals surface area contributed by atoms with E-state index in [9.17, 15) is 0 Å². The summed E-state index contributed by atoms with van der Waals surface area (Å²) in [6, 6.07) is 0. The maximum Gasteiger partial charge on any atom is 4.00 e. The predicted octanol–water partition coefficient (Wildman–Crippen LogP) is 2.82. The third-order valence-corrected chi connectivity index (χ3v) is 1.17. The molecule has 1 nitrogen and oxygen atoms in total. The number of allylic oxidation sites excluding steroid dienone is 8. The topological polar surface area (TPSA) is 23.1 Å². The van der Waals surface area contributed by atoms with E-state index in [0.29, 0.717) is 0 Å². The van der Waals surface area contributed by atoms with E-state index in [1.54, 1.807) is 13.8 Å². The fraction of sp³-hybridized carbons (Fsp3) is 0.357. The Kier molecular flexibility index (Phi) is 31.9. The van der Waals surface area contributed by atoms with Crippen LogP contribution in [0.25, 0.3) is 0 Å². The van der Waals surface area contributed by atoms with E-state index < -0.39 is 0 Å². The maximum absolute atomic E-state index is 8.93. The number of hydrogen-bond donors (Lipinski definition) is 0. The Bertz CT molecular complexity index is 161. The Morgan fingerprint density at radius 3 is 1.44 bits per heavy atom. The van der Waals surface area contributed by atoms with Gasteiger partial charge in [0.15, 0.2) is 0 Å². The summed E-state index contributed by atoms with van der Waals surface area (Å²) in [6.45, 7) is 6.57. The molecule has 16 heavy (non-hydrogen) atoms. The fourth-order valence-corrected chi connectivity index (χ4v) is 0.680. The normalized spacial score (nSPS) is 12.5. The van der Waals surface area contributed by atoms with Gasteiger partial charge in [-0.05, 0) is 0 Å². The van der Waals surface area contributed by atoms with Gasteiger partial charge in [-0.3, -0.25) is 12.2 Å². The molecule has 0 saturated heterocycles. The van der Waals surface area contributed by atoms with Crippen LogP contribution >= 0.6 is 0 Å². The van der Waals surface area contributed by atoms with Crippen molar-refractivity contribution < 1.29 is 31.3 Å². The number of hydrogen-bond acceptors (Lipinski definition) is 1. The number of rotatable bonds is 0. The molecule has 0 bridgehead atoms. The van der Waals surface area contributed by atoms with Gasteiger partial charge in [0.25, 0.3) is 0 Å². The molecular weight excluding hydrogens is 275 g/mol. The summed E-state index contributed by atoms with van der Waals surface area (Å²) in [5.74, 6) is 0. The van der Waals surface area contributed by atoms with Gasteiger partial charge in [-0.25, -0.2) is 24.3 Å². The Balaban J connectivity index is -0.000000147. The molecule has 2 heteroatoms. The molecule has 0 saturated carbocycles. The van der Waals surface area contributed by atoms with Crippen molar-refractivity contribution in [2.45, 2.75) is 26.7 Å². The average molecular weight is 296 g/mol. The van der Waals surface area contributed by atoms with Crippen molar-refractivity contribution in [3.05, 3.63) is 55.5 Å². The van der Waals surface area contributed by atoms with Gasteiger partial charge >= 0.3 is 26.2 Å². The van der Waals surface area contributed by atoms with Gasteiger partial charge in [0.05, 0.1) is 0 Å². The van der Waals surface area contributed by atoms with Crippen LogP contribution in [0.2, 0.25) is 0 Å². The Labute approximate surface area is 120 Å². The van der Waals surface area contributed by atoms with Gasteiger partial charge in [-0.2, -0.15) is 19.1 Å². The first kappa shape index (κ1) is 21.1. The quantitative estimate of drug-likeness (QED) is 0.630. The average Bonchev–Trinajstić information content (AvgIpc) is 3.01. The zero-order valence-electron chi connectivity index (χ0n) is 10.2. The third-order valence-electron chi connectivity index (χ3n) is 1.17. The molecule has 0 radical (unpaired) electrons. The summed E-state index contributed by atoms with van der Waals surface area (Å²) in [6.07, 6.45) is 20.0. The molecule has 0 atom stereocenters. The van der Waals surface area contributed by atoms with Crippen LogP contribution < -0.4 is 5.11 Å². The summed E-state index contributed by atoms with van der Waals surface area (Å²) in [7, 11) is 0. The Morgan fingerprint density at radius 2 is 1.38 bits per heavy atom. The molecule has 86 valence electrons. The molecule has 0 aromatic carbocycles. The van der Waals surface area contributed by atoms with Gasteiger partial charge in [0, 0.05) is 0 Å². The molecule has 0 heterocycles. The summed E-state index contributed by atoms with van der Waals surface area (Å²) in [5, 5.41) is 8.93. The zero-order valence-corrected chi connectivity index (χ0v) is 12.7. The van der Waals surface area contributed by atoms with E-state index >= 15 is 0 Å². The van der Waals surface area contributed by atoms with E-state index in [0.717, 1.165) is 12.8 Å². The summed E-state index contributed by atoms with van der Waals surface area (Å²) < 4.78 is 0. The first-order valence-electron chi connectivity index (χ1n) is 5.14. The third kappa shape index (κ3) is 23.5. The zero-order chi connectivity index (χ0) is 11.8. The molecule has 0 aromatic rings. The van der Waals surface area contributed by atoms with E-state index in [2.05, 4.69) is 31.2 Å². The summed E-state index contributed by atoms with van der Waals surface area (Å²) in [4.78, 5) is 0. The van der Waals surface area contributed by atoms with E-state index in [1.807, 2.05) is 24.3 Å². The Morgan fingerprint density at radius 1 is 1.06 bits per heavy atom. The molecular formula is C14H20OZr. The second-order valence-corrected chi connectivity index (χ2v) is 2.29. The second kappa shape index (κ2) is 24.2. The van der Waals surface area contributed by atoms with Crippen molar-refractivity contribution in [1.82, 2.24) is 0 Å². The molecule has 2 aliphatic carbocycles. The first-order valence-corrected chi connectivity index (χ1v) is 5.14. The van der Waals surface area contributed by atoms with Crippen LogP contribution in [-0.2, 0) is 26.2 Å². The molecule has 0 spiro atoms. The standard InChI is InChI=1S/2C5H5.C2H5O.C2H5.Zr/c2*1-2-4-5-3-1;1-2-3;1-2;/h2*1-3H,4H2;2H2,1H3;1H2,2H3;/q4*-1;+4. The summed E-state index contributed by atoms with van der Waals surface area (Å²) >= 11 is 0. The molecule has 0 fully saturated rings. The largest absolute Gasteiger partial charge is 4.00 e. The minimum atomic E-state index is 0. The van der Waals surface area contributed by atoms with Crippen LogP contribution in [0.4, 0.5) is 0 Å². The fourth-order valence-electron chi connectivity index (χ4n) is 0.680. The molecule has 0 N–H and O–H groups in total. The van der Waals surface area contributed by atoms with Crippen LogP contribution in [0.3, 0.4) is 0 Å². The van der Waals surface area contributed by atoms with Gasteiger partial charge in [0.2, 0.25) is 0 Å². The molecule has 2 aliphatic rings. The monoisotopic (exact) mass is 294 g/mol. The molecule has 0 aromatic heterocycles. The first-order chi connectivity index (χ1) is 7.41. The molecule has 0 aliphatic heterocycles. The van der Waals surface area contributed by atoms with Crippen molar-refractivity contribution in [3.8, 4) is 0 Å². The minimum Gasteiger partial charge on any atom is -0.855 e. The van der Waals surface area contributed by atoms with Crippen LogP contribution in [0.15, 0.2) is 36.5 Å². The van der Waals surface area contributed by atoms with E-state index in [-0.39, 0.29) is 32.8 Å². The van der Waals surface area contributed by atoms with Crippen molar-refractivity contribution in [2.75, 3.05) is 6.61 Å². The van der Waals surface area contributed by atoms with E-state index in [4.69, 9.17) is 5.11 Å². The van der Waals surface area contributed by atoms with Crippen LogP contribution in [0, 0.1) is 19.1 Å². The van der Waals surface area contributed by atoms with Gasteiger partial charge in [-0.1, -0.05) is 6.92 Å². The molecule has 2 rings (SSSR count). The van der Waals surface area contributed by atoms with Crippen LogP contribution in [0.1, 0.15) is 26.7 Å². The second-order valence-electron chi connectivity index (χ2n) is 2.29. The van der Waals surface area contributed by atoms with Gasteiger partial charge < -0.3 is 12.0 Å². The SMILES string of the molecule is CC[O-].[C-]1=CC=CC1.[C-]1=CC=CC1.[CH2-]C.[Zr+4]. The molecule has 0 unspecified atom stereocenters. The van der Waals surface area contributed by atoms with Gasteiger partial charge in [-0.15, -0.1) is 19.4 Å². The van der Waals surface area contributed by atoms with Crippen molar-refractivity contribution in [2.24, 2.45) is 0 Å². The predicted molar refractivity (Wildman–Crippen MR) is 64.7 cm³/mol. The van der Waals surface area contributed by atoms with Gasteiger partial charge in [0.1, 0.15) is 0 Å².